The van der Waals surface area contributed by atoms with Gasteiger partial charge in [0.05, 0.1) is 0 Å². The van der Waals surface area contributed by atoms with E-state index < -0.39 is 0 Å². The van der Waals surface area contributed by atoms with Gasteiger partial charge in [0.2, 0.25) is 0 Å². The minimum Gasteiger partial charge on any atom is -0.161 e. The fraction of sp³-hybridized carbons (Fsp3) is 0.600. The van der Waals surface area contributed by atoms with Crippen LogP contribution in [-0.4, -0.2) is 16.8 Å². The largest absolute Gasteiger partial charge is 0.161 e. The first-order valence-electron chi connectivity index (χ1n) is 6.59. The summed E-state index contributed by atoms with van der Waals surface area (Å²) in [5.74, 6) is 4.30. The lowest BCUT2D eigenvalue weighted by Gasteiger charge is -2.15. The van der Waals surface area contributed by atoms with Crippen molar-refractivity contribution in [2.75, 3.05) is 16.8 Å². The number of hydrogen-bond donors (Lipinski definition) is 0. The van der Waals surface area contributed by atoms with E-state index in [9.17, 15) is 0 Å². The van der Waals surface area contributed by atoms with Gasteiger partial charge in [-0.05, 0) is 30.1 Å². The van der Waals surface area contributed by atoms with Crippen LogP contribution in [-0.2, 0) is 0 Å². The van der Waals surface area contributed by atoms with Crippen molar-refractivity contribution in [1.82, 2.24) is 0 Å². The van der Waals surface area contributed by atoms with Crippen LogP contribution in [0.3, 0.4) is 0 Å². The summed E-state index contributed by atoms with van der Waals surface area (Å²) in [5, 5.41) is 1.08. The van der Waals surface area contributed by atoms with E-state index in [0.29, 0.717) is 5.92 Å². The number of benzene rings is 1. The molecule has 0 radical (unpaired) electrons. The number of thioether (sulfide) groups is 1. The minimum atomic E-state index is 0.669. The van der Waals surface area contributed by atoms with E-state index in [-0.39, 0.29) is 0 Å². The summed E-state index contributed by atoms with van der Waals surface area (Å²) < 4.78 is 0. The summed E-state index contributed by atoms with van der Waals surface area (Å²) in [4.78, 5) is 0. The second-order valence-corrected chi connectivity index (χ2v) is 6.67. The molecule has 1 aliphatic carbocycles. The monoisotopic (exact) mass is 312 g/mol. The molecule has 0 amide bonds. The average molecular weight is 313 g/mol. The molecule has 94 valence electrons. The summed E-state index contributed by atoms with van der Waals surface area (Å²) in [6, 6.07) is 10.9. The molecule has 2 rings (SSSR count). The van der Waals surface area contributed by atoms with E-state index in [0.717, 1.165) is 11.2 Å². The Morgan fingerprint density at radius 2 is 1.88 bits per heavy atom. The first-order chi connectivity index (χ1) is 8.40. The van der Waals surface area contributed by atoms with Gasteiger partial charge < -0.3 is 0 Å². The molecule has 0 aliphatic heterocycles. The van der Waals surface area contributed by atoms with E-state index in [2.05, 4.69) is 58.0 Å². The first-order valence-corrected chi connectivity index (χ1v) is 8.86. The van der Waals surface area contributed by atoms with Crippen molar-refractivity contribution in [3.63, 3.8) is 0 Å². The lowest BCUT2D eigenvalue weighted by molar-refractivity contribution is 0.622. The van der Waals surface area contributed by atoms with Gasteiger partial charge in [-0.1, -0.05) is 59.1 Å². The van der Waals surface area contributed by atoms with Gasteiger partial charge in [0.15, 0.2) is 0 Å². The normalized spacial score (nSPS) is 18.4. The van der Waals surface area contributed by atoms with Crippen molar-refractivity contribution < 1.29 is 0 Å². The Balaban J connectivity index is 1.75. The van der Waals surface area contributed by atoms with E-state index in [1.165, 1.54) is 42.8 Å². The second kappa shape index (κ2) is 7.48. The number of hydrogen-bond acceptors (Lipinski definition) is 1. The van der Waals surface area contributed by atoms with Crippen LogP contribution in [0.4, 0.5) is 0 Å². The number of rotatable bonds is 6. The molecule has 0 bridgehead atoms. The van der Waals surface area contributed by atoms with Crippen LogP contribution in [0.5, 0.6) is 0 Å². The third-order valence-electron chi connectivity index (χ3n) is 3.60. The van der Waals surface area contributed by atoms with Crippen molar-refractivity contribution in [1.29, 1.82) is 0 Å². The Bertz CT molecular complexity index is 306. The van der Waals surface area contributed by atoms with Crippen LogP contribution in [0.15, 0.2) is 30.3 Å². The summed E-state index contributed by atoms with van der Waals surface area (Å²) in [7, 11) is 0. The highest BCUT2D eigenvalue weighted by molar-refractivity contribution is 9.09. The predicted molar refractivity (Wildman–Crippen MR) is 82.3 cm³/mol. The molecule has 0 N–H and O–H groups in total. The predicted octanol–water partition coefficient (Wildman–Crippen LogP) is 5.09. The maximum absolute atomic E-state index is 3.65. The van der Waals surface area contributed by atoms with Crippen molar-refractivity contribution >= 4 is 27.7 Å². The maximum Gasteiger partial charge on any atom is 0.0108 e. The van der Waals surface area contributed by atoms with Gasteiger partial charge >= 0.3 is 0 Å². The van der Waals surface area contributed by atoms with Crippen LogP contribution in [0, 0.1) is 5.92 Å². The van der Waals surface area contributed by atoms with Crippen molar-refractivity contribution in [3.05, 3.63) is 35.9 Å². The van der Waals surface area contributed by atoms with Crippen LogP contribution >= 0.6 is 27.7 Å². The van der Waals surface area contributed by atoms with Crippen molar-refractivity contribution in [2.24, 2.45) is 5.92 Å². The number of halogens is 1. The standard InChI is InChI=1S/C15H21BrS/c16-10-15(14-8-2-1-3-9-14)12-17-11-13-6-4-5-7-13/h1-3,8-9,13,15H,4-7,10-12H2. The quantitative estimate of drug-likeness (QED) is 0.659. The molecule has 17 heavy (non-hydrogen) atoms. The molecule has 1 unspecified atom stereocenters. The summed E-state index contributed by atoms with van der Waals surface area (Å²) in [6.07, 6.45) is 5.87. The van der Waals surface area contributed by atoms with Crippen molar-refractivity contribution in [3.8, 4) is 0 Å². The fourth-order valence-electron chi connectivity index (χ4n) is 2.51. The second-order valence-electron chi connectivity index (χ2n) is 4.95. The lowest BCUT2D eigenvalue weighted by atomic mass is 10.0. The molecule has 2 heteroatoms. The van der Waals surface area contributed by atoms with Crippen LogP contribution in [0.2, 0.25) is 0 Å². The molecule has 0 heterocycles. The molecular weight excluding hydrogens is 292 g/mol. The molecule has 1 aliphatic rings. The first kappa shape index (κ1) is 13.5. The van der Waals surface area contributed by atoms with Gasteiger partial charge in [-0.3, -0.25) is 0 Å². The lowest BCUT2D eigenvalue weighted by Crippen LogP contribution is -2.06. The van der Waals surface area contributed by atoms with E-state index in [1.807, 2.05) is 0 Å². The third kappa shape index (κ3) is 4.33. The van der Waals surface area contributed by atoms with Gasteiger partial charge in [0, 0.05) is 17.0 Å². The molecule has 1 atom stereocenters. The molecule has 0 nitrogen and oxygen atoms in total. The van der Waals surface area contributed by atoms with E-state index >= 15 is 0 Å². The smallest absolute Gasteiger partial charge is 0.0108 e. The Morgan fingerprint density at radius 3 is 2.53 bits per heavy atom. The SMILES string of the molecule is BrCC(CSCC1CCCC1)c1ccccc1. The van der Waals surface area contributed by atoms with Gasteiger partial charge in [-0.25, -0.2) is 0 Å². The van der Waals surface area contributed by atoms with Gasteiger partial charge in [-0.15, -0.1) is 0 Å². The highest BCUT2D eigenvalue weighted by atomic mass is 79.9. The topological polar surface area (TPSA) is 0 Å². The molecule has 0 spiro atoms. The molecule has 1 aromatic carbocycles. The average Bonchev–Trinajstić information content (AvgIpc) is 2.89. The summed E-state index contributed by atoms with van der Waals surface area (Å²) in [5.41, 5.74) is 1.48. The number of alkyl halides is 1. The minimum absolute atomic E-state index is 0.669. The van der Waals surface area contributed by atoms with E-state index in [1.54, 1.807) is 0 Å². The molecule has 1 fully saturated rings. The molecular formula is C15H21BrS. The maximum atomic E-state index is 3.65. The Labute approximate surface area is 118 Å². The Morgan fingerprint density at radius 1 is 1.18 bits per heavy atom. The molecule has 1 saturated carbocycles. The highest BCUT2D eigenvalue weighted by Crippen LogP contribution is 2.30. The Kier molecular flexibility index (Phi) is 5.93. The van der Waals surface area contributed by atoms with Gasteiger partial charge in [0.1, 0.15) is 0 Å². The zero-order valence-corrected chi connectivity index (χ0v) is 12.7. The van der Waals surface area contributed by atoms with Gasteiger partial charge in [-0.2, -0.15) is 11.8 Å². The van der Waals surface area contributed by atoms with Crippen LogP contribution < -0.4 is 0 Å². The van der Waals surface area contributed by atoms with Crippen LogP contribution in [0.25, 0.3) is 0 Å². The highest BCUT2D eigenvalue weighted by Gasteiger charge is 2.16. The van der Waals surface area contributed by atoms with Gasteiger partial charge in [0.25, 0.3) is 0 Å². The summed E-state index contributed by atoms with van der Waals surface area (Å²) >= 11 is 5.80. The molecule has 0 aromatic heterocycles. The molecule has 1 aromatic rings. The fourth-order valence-corrected chi connectivity index (χ4v) is 4.81. The zero-order chi connectivity index (χ0) is 11.9. The zero-order valence-electron chi connectivity index (χ0n) is 10.3. The van der Waals surface area contributed by atoms with Crippen LogP contribution in [0.1, 0.15) is 37.2 Å². The summed E-state index contributed by atoms with van der Waals surface area (Å²) in [6.45, 7) is 0. The third-order valence-corrected chi connectivity index (χ3v) is 5.73. The van der Waals surface area contributed by atoms with E-state index in [4.69, 9.17) is 0 Å². The van der Waals surface area contributed by atoms with Crippen molar-refractivity contribution in [2.45, 2.75) is 31.6 Å². The molecule has 0 saturated heterocycles. The Hall–Kier alpha value is 0.0500.